The van der Waals surface area contributed by atoms with Gasteiger partial charge in [0.25, 0.3) is 10.0 Å². The Labute approximate surface area is 194 Å². The highest BCUT2D eigenvalue weighted by molar-refractivity contribution is 7.92. The summed E-state index contributed by atoms with van der Waals surface area (Å²) in [4.78, 5) is 14.2. The Kier molecular flexibility index (Phi) is 7.95. The number of carboxylic acid groups (broad SMARTS) is 1. The van der Waals surface area contributed by atoms with Crippen molar-refractivity contribution in [2.75, 3.05) is 23.3 Å². The number of ether oxygens (including phenoxy) is 1. The number of nitrogens with zero attached hydrogens (tertiary/aromatic N) is 1. The van der Waals surface area contributed by atoms with E-state index in [-0.39, 0.29) is 16.1 Å². The molecule has 0 aromatic heterocycles. The Morgan fingerprint density at radius 2 is 1.73 bits per heavy atom. The van der Waals surface area contributed by atoms with Crippen molar-refractivity contribution >= 4 is 27.4 Å². The first-order chi connectivity index (χ1) is 15.8. The van der Waals surface area contributed by atoms with Gasteiger partial charge in [0.05, 0.1) is 23.3 Å². The maximum Gasteiger partial charge on any atom is 0.337 e. The van der Waals surface area contributed by atoms with Crippen LogP contribution in [0.1, 0.15) is 35.7 Å². The third kappa shape index (κ3) is 6.26. The maximum absolute atomic E-state index is 12.8. The van der Waals surface area contributed by atoms with Gasteiger partial charge in [-0.05, 0) is 54.4 Å². The number of carboxylic acids is 1. The van der Waals surface area contributed by atoms with Crippen LogP contribution in [-0.4, -0.2) is 33.1 Å². The van der Waals surface area contributed by atoms with E-state index in [1.54, 1.807) is 24.3 Å². The Morgan fingerprint density at radius 3 is 2.33 bits per heavy atom. The highest BCUT2D eigenvalue weighted by Crippen LogP contribution is 2.28. The smallest absolute Gasteiger partial charge is 0.337 e. The molecule has 3 rings (SSSR count). The standard InChI is InChI=1S/C25H28N2O5S/c1-3-4-16-27(18-19-8-6-5-7-9-19)24-15-10-20(17-23(24)25(28)29)26-33(30,31)22-13-11-21(32-2)12-14-22/h5-15,17,26H,3-4,16,18H2,1-2H3,(H,28,29). The minimum atomic E-state index is -3.89. The largest absolute Gasteiger partial charge is 0.497 e. The molecular formula is C25H28N2O5S. The van der Waals surface area contributed by atoms with Gasteiger partial charge in [-0.15, -0.1) is 0 Å². The highest BCUT2D eigenvalue weighted by atomic mass is 32.2. The van der Waals surface area contributed by atoms with Gasteiger partial charge >= 0.3 is 5.97 Å². The summed E-state index contributed by atoms with van der Waals surface area (Å²) in [5.74, 6) is -0.581. The molecule has 0 aliphatic carbocycles. The fourth-order valence-corrected chi connectivity index (χ4v) is 4.50. The normalized spacial score (nSPS) is 11.1. The number of hydrogen-bond donors (Lipinski definition) is 2. The molecule has 8 heteroatoms. The SMILES string of the molecule is CCCCN(Cc1ccccc1)c1ccc(NS(=O)(=O)c2ccc(OC)cc2)cc1C(=O)O. The van der Waals surface area contributed by atoms with Crippen LogP contribution in [0.3, 0.4) is 0 Å². The lowest BCUT2D eigenvalue weighted by Crippen LogP contribution is -2.26. The van der Waals surface area contributed by atoms with Crippen LogP contribution in [-0.2, 0) is 16.6 Å². The van der Waals surface area contributed by atoms with E-state index in [0.29, 0.717) is 24.5 Å². The summed E-state index contributed by atoms with van der Waals surface area (Å²) in [7, 11) is -2.39. The first-order valence-electron chi connectivity index (χ1n) is 10.7. The molecule has 3 aromatic carbocycles. The molecule has 0 atom stereocenters. The number of nitrogens with one attached hydrogen (secondary N) is 1. The predicted molar refractivity (Wildman–Crippen MR) is 130 cm³/mol. The fourth-order valence-electron chi connectivity index (χ4n) is 3.45. The van der Waals surface area contributed by atoms with Crippen molar-refractivity contribution < 1.29 is 23.1 Å². The second-order valence-corrected chi connectivity index (χ2v) is 9.26. The van der Waals surface area contributed by atoms with Crippen LogP contribution < -0.4 is 14.4 Å². The van der Waals surface area contributed by atoms with E-state index in [4.69, 9.17) is 4.74 Å². The van der Waals surface area contributed by atoms with E-state index in [2.05, 4.69) is 11.6 Å². The number of unbranched alkanes of at least 4 members (excludes halogenated alkanes) is 1. The number of methoxy groups -OCH3 is 1. The zero-order chi connectivity index (χ0) is 23.8. The molecule has 0 amide bonds. The topological polar surface area (TPSA) is 95.9 Å². The summed E-state index contributed by atoms with van der Waals surface area (Å²) in [6.07, 6.45) is 1.87. The molecule has 0 fully saturated rings. The summed E-state index contributed by atoms with van der Waals surface area (Å²) in [5, 5.41) is 9.89. The van der Waals surface area contributed by atoms with Crippen LogP contribution in [0.25, 0.3) is 0 Å². The molecule has 0 saturated heterocycles. The Balaban J connectivity index is 1.91. The lowest BCUT2D eigenvalue weighted by molar-refractivity contribution is 0.0697. The molecule has 0 unspecified atom stereocenters. The molecule has 0 spiro atoms. The van der Waals surface area contributed by atoms with E-state index < -0.39 is 16.0 Å². The van der Waals surface area contributed by atoms with Gasteiger partial charge in [0, 0.05) is 18.8 Å². The quantitative estimate of drug-likeness (QED) is 0.411. The summed E-state index contributed by atoms with van der Waals surface area (Å²) < 4.78 is 33.1. The summed E-state index contributed by atoms with van der Waals surface area (Å²) in [6, 6.07) is 20.4. The number of sulfonamides is 1. The lowest BCUT2D eigenvalue weighted by Gasteiger charge is -2.27. The van der Waals surface area contributed by atoms with E-state index in [0.717, 1.165) is 18.4 Å². The van der Waals surface area contributed by atoms with Crippen molar-refractivity contribution in [3.8, 4) is 5.75 Å². The highest BCUT2D eigenvalue weighted by Gasteiger charge is 2.20. The molecular weight excluding hydrogens is 440 g/mol. The van der Waals surface area contributed by atoms with Crippen LogP contribution >= 0.6 is 0 Å². The van der Waals surface area contributed by atoms with Crippen molar-refractivity contribution in [3.05, 3.63) is 83.9 Å². The van der Waals surface area contributed by atoms with Crippen molar-refractivity contribution in [1.82, 2.24) is 0 Å². The molecule has 0 aliphatic heterocycles. The summed E-state index contributed by atoms with van der Waals surface area (Å²) >= 11 is 0. The summed E-state index contributed by atoms with van der Waals surface area (Å²) in [6.45, 7) is 3.32. The van der Waals surface area contributed by atoms with Gasteiger partial charge in [0.1, 0.15) is 5.75 Å². The van der Waals surface area contributed by atoms with Gasteiger partial charge in [0.2, 0.25) is 0 Å². The Bertz CT molecular complexity index is 1180. The maximum atomic E-state index is 12.8. The lowest BCUT2D eigenvalue weighted by atomic mass is 10.1. The minimum absolute atomic E-state index is 0.0389. The van der Waals surface area contributed by atoms with E-state index >= 15 is 0 Å². The Hall–Kier alpha value is -3.52. The third-order valence-electron chi connectivity index (χ3n) is 5.19. The van der Waals surface area contributed by atoms with Crippen LogP contribution in [0.5, 0.6) is 5.75 Å². The second kappa shape index (κ2) is 10.9. The zero-order valence-electron chi connectivity index (χ0n) is 18.7. The second-order valence-electron chi connectivity index (χ2n) is 7.58. The molecule has 3 aromatic rings. The van der Waals surface area contributed by atoms with Crippen molar-refractivity contribution in [2.24, 2.45) is 0 Å². The molecule has 0 aliphatic rings. The number of anilines is 2. The van der Waals surface area contributed by atoms with Crippen LogP contribution in [0.2, 0.25) is 0 Å². The van der Waals surface area contributed by atoms with Gasteiger partial charge in [-0.3, -0.25) is 4.72 Å². The monoisotopic (exact) mass is 468 g/mol. The minimum Gasteiger partial charge on any atom is -0.497 e. The average Bonchev–Trinajstić information content (AvgIpc) is 2.82. The van der Waals surface area contributed by atoms with Gasteiger partial charge in [-0.25, -0.2) is 13.2 Å². The van der Waals surface area contributed by atoms with Gasteiger partial charge < -0.3 is 14.7 Å². The van der Waals surface area contributed by atoms with Crippen molar-refractivity contribution in [3.63, 3.8) is 0 Å². The van der Waals surface area contributed by atoms with Crippen LogP contribution in [0.4, 0.5) is 11.4 Å². The molecule has 0 heterocycles. The molecule has 2 N–H and O–H groups in total. The van der Waals surface area contributed by atoms with Crippen LogP contribution in [0.15, 0.2) is 77.7 Å². The van der Waals surface area contributed by atoms with Crippen molar-refractivity contribution in [2.45, 2.75) is 31.2 Å². The predicted octanol–water partition coefficient (Wildman–Crippen LogP) is 5.00. The number of rotatable bonds is 11. The van der Waals surface area contributed by atoms with Gasteiger partial charge in [0.15, 0.2) is 0 Å². The van der Waals surface area contributed by atoms with E-state index in [1.165, 1.54) is 25.3 Å². The number of aromatic carboxylic acids is 1. The molecule has 0 bridgehead atoms. The van der Waals surface area contributed by atoms with Gasteiger partial charge in [-0.2, -0.15) is 0 Å². The van der Waals surface area contributed by atoms with E-state index in [9.17, 15) is 18.3 Å². The third-order valence-corrected chi connectivity index (χ3v) is 6.58. The number of hydrogen-bond acceptors (Lipinski definition) is 5. The zero-order valence-corrected chi connectivity index (χ0v) is 19.5. The molecule has 0 saturated carbocycles. The first kappa shape index (κ1) is 24.1. The number of carbonyl (C=O) groups is 1. The van der Waals surface area contributed by atoms with Crippen molar-refractivity contribution in [1.29, 1.82) is 0 Å². The molecule has 7 nitrogen and oxygen atoms in total. The van der Waals surface area contributed by atoms with E-state index in [1.807, 2.05) is 35.2 Å². The Morgan fingerprint density at radius 1 is 1.03 bits per heavy atom. The number of benzene rings is 3. The molecule has 174 valence electrons. The summed E-state index contributed by atoms with van der Waals surface area (Å²) in [5.41, 5.74) is 1.83. The molecule has 33 heavy (non-hydrogen) atoms. The molecule has 0 radical (unpaired) electrons. The fraction of sp³-hybridized carbons (Fsp3) is 0.240. The average molecular weight is 469 g/mol. The first-order valence-corrected chi connectivity index (χ1v) is 12.2. The van der Waals surface area contributed by atoms with Crippen LogP contribution in [0, 0.1) is 0 Å². The van der Waals surface area contributed by atoms with Gasteiger partial charge in [-0.1, -0.05) is 43.7 Å².